The summed E-state index contributed by atoms with van der Waals surface area (Å²) in [6.45, 7) is 6.74. The van der Waals surface area contributed by atoms with E-state index in [4.69, 9.17) is 10.5 Å². The second-order valence-corrected chi connectivity index (χ2v) is 6.74. The van der Waals surface area contributed by atoms with Crippen molar-refractivity contribution in [2.75, 3.05) is 56.3 Å². The van der Waals surface area contributed by atoms with Crippen LogP contribution in [-0.4, -0.2) is 59.7 Å². The predicted molar refractivity (Wildman–Crippen MR) is 109 cm³/mol. The third-order valence-electron chi connectivity index (χ3n) is 4.53. The highest BCUT2D eigenvalue weighted by atomic mass is 16.5. The molecule has 1 aromatic heterocycles. The third kappa shape index (κ3) is 5.45. The summed E-state index contributed by atoms with van der Waals surface area (Å²) in [6, 6.07) is 7.80. The van der Waals surface area contributed by atoms with Crippen LogP contribution in [0.15, 0.2) is 30.6 Å². The SMILES string of the molecule is CCCCOc1ccc(Nc2ncnc(NN3CCN(C)CC3)c2N)cc1. The molecule has 27 heavy (non-hydrogen) atoms. The molecule has 0 bridgehead atoms. The zero-order valence-corrected chi connectivity index (χ0v) is 16.1. The third-order valence-corrected chi connectivity index (χ3v) is 4.53. The lowest BCUT2D eigenvalue weighted by atomic mass is 10.3. The lowest BCUT2D eigenvalue weighted by Crippen LogP contribution is -2.47. The van der Waals surface area contributed by atoms with Crippen LogP contribution < -0.4 is 21.2 Å². The van der Waals surface area contributed by atoms with Gasteiger partial charge in [0.25, 0.3) is 0 Å². The molecule has 3 rings (SSSR count). The fraction of sp³-hybridized carbons (Fsp3) is 0.474. The minimum Gasteiger partial charge on any atom is -0.494 e. The van der Waals surface area contributed by atoms with Crippen LogP contribution in [-0.2, 0) is 0 Å². The van der Waals surface area contributed by atoms with E-state index in [9.17, 15) is 0 Å². The standard InChI is InChI=1S/C19H29N7O/c1-3-4-13-27-16-7-5-15(6-8-16)23-18-17(20)19(22-14-21-18)24-26-11-9-25(2)10-12-26/h5-8,14H,3-4,9-13,20H2,1-2H3,(H2,21,22,23,24). The lowest BCUT2D eigenvalue weighted by Gasteiger charge is -2.32. The minimum atomic E-state index is 0.500. The number of hydrogen-bond acceptors (Lipinski definition) is 8. The van der Waals surface area contributed by atoms with E-state index in [1.54, 1.807) is 0 Å². The first-order valence-electron chi connectivity index (χ1n) is 9.46. The van der Waals surface area contributed by atoms with Crippen molar-refractivity contribution in [2.45, 2.75) is 19.8 Å². The summed E-state index contributed by atoms with van der Waals surface area (Å²) in [6.07, 6.45) is 3.69. The Balaban J connectivity index is 1.61. The number of nitrogens with one attached hydrogen (secondary N) is 2. The minimum absolute atomic E-state index is 0.500. The Morgan fingerprint density at radius 3 is 2.48 bits per heavy atom. The maximum atomic E-state index is 6.27. The summed E-state index contributed by atoms with van der Waals surface area (Å²) in [4.78, 5) is 10.9. The number of likely N-dealkylation sites (N-methyl/N-ethyl adjacent to an activating group) is 1. The van der Waals surface area contributed by atoms with E-state index in [0.29, 0.717) is 17.3 Å². The summed E-state index contributed by atoms with van der Waals surface area (Å²) < 4.78 is 5.69. The van der Waals surface area contributed by atoms with Crippen LogP contribution in [0.3, 0.4) is 0 Å². The Hall–Kier alpha value is -2.58. The van der Waals surface area contributed by atoms with E-state index in [2.05, 4.69) is 44.6 Å². The van der Waals surface area contributed by atoms with E-state index in [-0.39, 0.29) is 0 Å². The van der Waals surface area contributed by atoms with Crippen LogP contribution in [0.2, 0.25) is 0 Å². The molecule has 1 aliphatic heterocycles. The van der Waals surface area contributed by atoms with Crippen molar-refractivity contribution in [3.8, 4) is 5.75 Å². The van der Waals surface area contributed by atoms with Gasteiger partial charge in [0.1, 0.15) is 17.8 Å². The van der Waals surface area contributed by atoms with Crippen LogP contribution in [0, 0.1) is 0 Å². The zero-order valence-electron chi connectivity index (χ0n) is 16.1. The van der Waals surface area contributed by atoms with Gasteiger partial charge in [-0.3, -0.25) is 0 Å². The van der Waals surface area contributed by atoms with Crippen molar-refractivity contribution in [1.82, 2.24) is 19.9 Å². The quantitative estimate of drug-likeness (QED) is 0.610. The van der Waals surface area contributed by atoms with Crippen molar-refractivity contribution < 1.29 is 4.74 Å². The van der Waals surface area contributed by atoms with Crippen molar-refractivity contribution in [1.29, 1.82) is 0 Å². The molecular weight excluding hydrogens is 342 g/mol. The van der Waals surface area contributed by atoms with Gasteiger partial charge in [-0.1, -0.05) is 13.3 Å². The molecule has 8 nitrogen and oxygen atoms in total. The zero-order chi connectivity index (χ0) is 19.1. The van der Waals surface area contributed by atoms with Crippen LogP contribution in [0.4, 0.5) is 23.0 Å². The molecule has 0 saturated carbocycles. The van der Waals surface area contributed by atoms with Crippen molar-refractivity contribution >= 4 is 23.0 Å². The van der Waals surface area contributed by atoms with Crippen LogP contribution in [0.1, 0.15) is 19.8 Å². The fourth-order valence-corrected chi connectivity index (χ4v) is 2.76. The highest BCUT2D eigenvalue weighted by Crippen LogP contribution is 2.27. The Labute approximate surface area is 160 Å². The van der Waals surface area contributed by atoms with Gasteiger partial charge in [0, 0.05) is 31.9 Å². The fourth-order valence-electron chi connectivity index (χ4n) is 2.76. The molecule has 4 N–H and O–H groups in total. The average molecular weight is 371 g/mol. The number of nitrogens with zero attached hydrogens (tertiary/aromatic N) is 4. The molecular formula is C19H29N7O. The number of nitrogen functional groups attached to an aromatic ring is 1. The number of aromatic nitrogens is 2. The molecule has 1 fully saturated rings. The van der Waals surface area contributed by atoms with Gasteiger partial charge < -0.3 is 26.1 Å². The molecule has 2 heterocycles. The second-order valence-electron chi connectivity index (χ2n) is 6.74. The molecule has 1 aliphatic rings. The molecule has 8 heteroatoms. The van der Waals surface area contributed by atoms with Crippen molar-refractivity contribution in [3.05, 3.63) is 30.6 Å². The Morgan fingerprint density at radius 1 is 1.07 bits per heavy atom. The molecule has 2 aromatic rings. The number of unbranched alkanes of at least 4 members (excludes halogenated alkanes) is 1. The molecule has 0 amide bonds. The normalized spacial score (nSPS) is 15.5. The molecule has 1 saturated heterocycles. The number of hydrogen-bond donors (Lipinski definition) is 3. The number of ether oxygens (including phenoxy) is 1. The summed E-state index contributed by atoms with van der Waals surface area (Å²) in [5.41, 5.74) is 11.0. The maximum Gasteiger partial charge on any atom is 0.169 e. The second kappa shape index (κ2) is 9.38. The van der Waals surface area contributed by atoms with Gasteiger partial charge in [-0.05, 0) is 37.7 Å². The molecule has 1 aromatic carbocycles. The van der Waals surface area contributed by atoms with E-state index in [0.717, 1.165) is 57.1 Å². The van der Waals surface area contributed by atoms with Gasteiger partial charge in [-0.2, -0.15) is 0 Å². The number of nitrogens with two attached hydrogens (primary N) is 1. The lowest BCUT2D eigenvalue weighted by molar-refractivity contribution is 0.178. The summed E-state index contributed by atoms with van der Waals surface area (Å²) >= 11 is 0. The topological polar surface area (TPSA) is 91.6 Å². The summed E-state index contributed by atoms with van der Waals surface area (Å²) in [5, 5.41) is 5.38. The molecule has 0 aliphatic carbocycles. The highest BCUT2D eigenvalue weighted by molar-refractivity contribution is 5.77. The van der Waals surface area contributed by atoms with Gasteiger partial charge in [0.05, 0.1) is 6.61 Å². The smallest absolute Gasteiger partial charge is 0.169 e. The Bertz CT molecular complexity index is 714. The number of benzene rings is 1. The molecule has 0 spiro atoms. The van der Waals surface area contributed by atoms with E-state index < -0.39 is 0 Å². The molecule has 0 radical (unpaired) electrons. The Kier molecular flexibility index (Phi) is 6.67. The van der Waals surface area contributed by atoms with Crippen LogP contribution in [0.5, 0.6) is 5.75 Å². The largest absolute Gasteiger partial charge is 0.494 e. The molecule has 146 valence electrons. The molecule has 0 atom stereocenters. The van der Waals surface area contributed by atoms with E-state index >= 15 is 0 Å². The first kappa shape index (κ1) is 19.2. The Morgan fingerprint density at radius 2 is 1.78 bits per heavy atom. The monoisotopic (exact) mass is 371 g/mol. The number of rotatable bonds is 8. The highest BCUT2D eigenvalue weighted by Gasteiger charge is 2.16. The van der Waals surface area contributed by atoms with Gasteiger partial charge in [0.15, 0.2) is 11.6 Å². The van der Waals surface area contributed by atoms with Crippen LogP contribution >= 0.6 is 0 Å². The number of hydrazine groups is 1. The predicted octanol–water partition coefficient (Wildman–Crippen LogP) is 2.56. The van der Waals surface area contributed by atoms with Gasteiger partial charge in [-0.15, -0.1) is 0 Å². The average Bonchev–Trinajstić information content (AvgIpc) is 2.68. The first-order chi connectivity index (χ1) is 13.2. The van der Waals surface area contributed by atoms with Crippen molar-refractivity contribution in [2.24, 2.45) is 0 Å². The number of anilines is 4. The number of piperazine rings is 1. The van der Waals surface area contributed by atoms with E-state index in [1.165, 1.54) is 6.33 Å². The summed E-state index contributed by atoms with van der Waals surface area (Å²) in [7, 11) is 2.12. The molecule has 0 unspecified atom stereocenters. The van der Waals surface area contributed by atoms with Crippen molar-refractivity contribution in [3.63, 3.8) is 0 Å². The van der Waals surface area contributed by atoms with Gasteiger partial charge >= 0.3 is 0 Å². The summed E-state index contributed by atoms with van der Waals surface area (Å²) in [5.74, 6) is 2.07. The maximum absolute atomic E-state index is 6.27. The van der Waals surface area contributed by atoms with Crippen LogP contribution in [0.25, 0.3) is 0 Å². The van der Waals surface area contributed by atoms with Gasteiger partial charge in [0.2, 0.25) is 0 Å². The van der Waals surface area contributed by atoms with Gasteiger partial charge in [-0.25, -0.2) is 15.0 Å². The first-order valence-corrected chi connectivity index (χ1v) is 9.46. The van der Waals surface area contributed by atoms with E-state index in [1.807, 2.05) is 24.3 Å².